The predicted molar refractivity (Wildman–Crippen MR) is 114 cm³/mol. The highest BCUT2D eigenvalue weighted by atomic mass is 127. The molecule has 2 rings (SSSR count). The minimum Gasteiger partial charge on any atom is -0.496 e. The number of rotatable bonds is 6. The van der Waals surface area contributed by atoms with E-state index in [4.69, 9.17) is 15.2 Å². The Bertz CT molecular complexity index is 700. The van der Waals surface area contributed by atoms with Crippen LogP contribution in [0.3, 0.4) is 0 Å². The van der Waals surface area contributed by atoms with Gasteiger partial charge in [-0.15, -0.1) is 24.0 Å². The van der Waals surface area contributed by atoms with Gasteiger partial charge in [0.1, 0.15) is 11.5 Å². The number of nitrogens with two attached hydrogens (primary N) is 1. The zero-order valence-electron chi connectivity index (χ0n) is 15.1. The van der Waals surface area contributed by atoms with Crippen molar-refractivity contribution in [1.29, 1.82) is 0 Å². The van der Waals surface area contributed by atoms with Gasteiger partial charge in [-0.2, -0.15) is 0 Å². The molecule has 0 saturated heterocycles. The SMILES string of the molecule is COc1ccc(CN=C(N)Nc2ccc(OC(C)C)cc2)cc1C.I. The molecule has 5 nitrogen and oxygen atoms in total. The molecule has 0 unspecified atom stereocenters. The van der Waals surface area contributed by atoms with E-state index < -0.39 is 0 Å². The van der Waals surface area contributed by atoms with Crippen molar-refractivity contribution >= 4 is 35.6 Å². The Labute approximate surface area is 166 Å². The third-order valence-electron chi connectivity index (χ3n) is 3.39. The van der Waals surface area contributed by atoms with Crippen LogP contribution in [-0.4, -0.2) is 19.2 Å². The zero-order valence-corrected chi connectivity index (χ0v) is 17.4. The Hall–Kier alpha value is -1.96. The van der Waals surface area contributed by atoms with Crippen molar-refractivity contribution in [2.45, 2.75) is 33.4 Å². The number of benzene rings is 2. The third-order valence-corrected chi connectivity index (χ3v) is 3.39. The fraction of sp³-hybridized carbons (Fsp3) is 0.316. The Morgan fingerprint density at radius 3 is 2.40 bits per heavy atom. The number of hydrogen-bond donors (Lipinski definition) is 2. The molecule has 0 bridgehead atoms. The number of nitrogens with zero attached hydrogens (tertiary/aromatic N) is 1. The van der Waals surface area contributed by atoms with E-state index in [-0.39, 0.29) is 30.1 Å². The van der Waals surface area contributed by atoms with Gasteiger partial charge in [-0.3, -0.25) is 0 Å². The van der Waals surface area contributed by atoms with Crippen LogP contribution in [0.15, 0.2) is 47.5 Å². The number of halogens is 1. The van der Waals surface area contributed by atoms with Crippen LogP contribution in [0, 0.1) is 6.92 Å². The maximum Gasteiger partial charge on any atom is 0.193 e. The number of hydrogen-bond acceptors (Lipinski definition) is 3. The van der Waals surface area contributed by atoms with E-state index >= 15 is 0 Å². The highest BCUT2D eigenvalue weighted by molar-refractivity contribution is 14.0. The summed E-state index contributed by atoms with van der Waals surface area (Å²) in [5.41, 5.74) is 8.99. The van der Waals surface area contributed by atoms with Crippen molar-refractivity contribution in [2.75, 3.05) is 12.4 Å². The smallest absolute Gasteiger partial charge is 0.193 e. The molecule has 0 aliphatic heterocycles. The average Bonchev–Trinajstić information content (AvgIpc) is 2.54. The van der Waals surface area contributed by atoms with Crippen LogP contribution < -0.4 is 20.5 Å². The van der Waals surface area contributed by atoms with Gasteiger partial charge >= 0.3 is 0 Å². The fourth-order valence-electron chi connectivity index (χ4n) is 2.29. The van der Waals surface area contributed by atoms with Crippen molar-refractivity contribution in [2.24, 2.45) is 10.7 Å². The number of methoxy groups -OCH3 is 1. The second kappa shape index (κ2) is 10.1. The topological polar surface area (TPSA) is 68.9 Å². The molecule has 6 heteroatoms. The zero-order chi connectivity index (χ0) is 17.5. The molecule has 0 aliphatic carbocycles. The van der Waals surface area contributed by atoms with E-state index in [0.29, 0.717) is 12.5 Å². The Morgan fingerprint density at radius 1 is 1.16 bits per heavy atom. The normalized spacial score (nSPS) is 11.0. The van der Waals surface area contributed by atoms with Crippen LogP contribution in [0.2, 0.25) is 0 Å². The van der Waals surface area contributed by atoms with E-state index in [9.17, 15) is 0 Å². The first-order chi connectivity index (χ1) is 11.5. The highest BCUT2D eigenvalue weighted by Crippen LogP contribution is 2.19. The lowest BCUT2D eigenvalue weighted by Gasteiger charge is -2.11. The number of guanidine groups is 1. The lowest BCUT2D eigenvalue weighted by molar-refractivity contribution is 0.242. The van der Waals surface area contributed by atoms with E-state index in [0.717, 1.165) is 28.3 Å². The predicted octanol–water partition coefficient (Wildman–Crippen LogP) is 4.34. The van der Waals surface area contributed by atoms with Crippen molar-refractivity contribution < 1.29 is 9.47 Å². The van der Waals surface area contributed by atoms with Gasteiger partial charge in [0.2, 0.25) is 0 Å². The second-order valence-electron chi connectivity index (χ2n) is 5.82. The summed E-state index contributed by atoms with van der Waals surface area (Å²) >= 11 is 0. The second-order valence-corrected chi connectivity index (χ2v) is 5.82. The van der Waals surface area contributed by atoms with E-state index in [1.807, 2.05) is 63.2 Å². The molecule has 0 saturated carbocycles. The largest absolute Gasteiger partial charge is 0.496 e. The first-order valence-electron chi connectivity index (χ1n) is 7.95. The van der Waals surface area contributed by atoms with Crippen LogP contribution in [-0.2, 0) is 6.54 Å². The molecule has 0 heterocycles. The van der Waals surface area contributed by atoms with Gasteiger partial charge in [0.05, 0.1) is 19.8 Å². The summed E-state index contributed by atoms with van der Waals surface area (Å²) in [6.45, 7) is 6.52. The molecule has 136 valence electrons. The van der Waals surface area contributed by atoms with Gasteiger partial charge in [0.15, 0.2) is 5.96 Å². The van der Waals surface area contributed by atoms with Crippen LogP contribution >= 0.6 is 24.0 Å². The van der Waals surface area contributed by atoms with Gasteiger partial charge in [-0.1, -0.05) is 12.1 Å². The van der Waals surface area contributed by atoms with Gasteiger partial charge in [0.25, 0.3) is 0 Å². The molecule has 0 aromatic heterocycles. The van der Waals surface area contributed by atoms with Gasteiger partial charge in [-0.05, 0) is 62.2 Å². The first kappa shape index (κ1) is 21.1. The molecular formula is C19H26IN3O2. The molecule has 0 radical (unpaired) electrons. The van der Waals surface area contributed by atoms with Crippen molar-refractivity contribution in [1.82, 2.24) is 0 Å². The van der Waals surface area contributed by atoms with E-state index in [1.165, 1.54) is 0 Å². The van der Waals surface area contributed by atoms with Crippen LogP contribution in [0.25, 0.3) is 0 Å². The number of aryl methyl sites for hydroxylation is 1. The molecule has 0 fully saturated rings. The van der Waals surface area contributed by atoms with E-state index in [2.05, 4.69) is 10.3 Å². The molecule has 0 atom stereocenters. The molecule has 0 spiro atoms. The molecule has 0 amide bonds. The highest BCUT2D eigenvalue weighted by Gasteiger charge is 2.01. The van der Waals surface area contributed by atoms with Crippen molar-refractivity contribution in [3.63, 3.8) is 0 Å². The monoisotopic (exact) mass is 455 g/mol. The lowest BCUT2D eigenvalue weighted by Crippen LogP contribution is -2.22. The van der Waals surface area contributed by atoms with Crippen molar-refractivity contribution in [3.05, 3.63) is 53.6 Å². The summed E-state index contributed by atoms with van der Waals surface area (Å²) in [4.78, 5) is 4.37. The number of aliphatic imine (C=N–C) groups is 1. The van der Waals surface area contributed by atoms with Gasteiger partial charge < -0.3 is 20.5 Å². The van der Waals surface area contributed by atoms with Gasteiger partial charge in [0, 0.05) is 5.69 Å². The molecule has 25 heavy (non-hydrogen) atoms. The lowest BCUT2D eigenvalue weighted by atomic mass is 10.1. The average molecular weight is 455 g/mol. The van der Waals surface area contributed by atoms with Crippen molar-refractivity contribution in [3.8, 4) is 11.5 Å². The molecule has 2 aromatic carbocycles. The van der Waals surface area contributed by atoms with E-state index in [1.54, 1.807) is 7.11 Å². The Kier molecular flexibility index (Phi) is 8.54. The minimum absolute atomic E-state index is 0. The summed E-state index contributed by atoms with van der Waals surface area (Å²) in [7, 11) is 1.67. The number of nitrogens with one attached hydrogen (secondary N) is 1. The number of anilines is 1. The van der Waals surface area contributed by atoms with Crippen LogP contribution in [0.1, 0.15) is 25.0 Å². The summed E-state index contributed by atoms with van der Waals surface area (Å²) in [5.74, 6) is 2.08. The first-order valence-corrected chi connectivity index (χ1v) is 7.95. The maximum absolute atomic E-state index is 5.95. The molecule has 2 aromatic rings. The summed E-state index contributed by atoms with van der Waals surface area (Å²) in [6, 6.07) is 13.6. The molecular weight excluding hydrogens is 429 g/mol. The Balaban J connectivity index is 0.00000312. The summed E-state index contributed by atoms with van der Waals surface area (Å²) in [6.07, 6.45) is 0.156. The fourth-order valence-corrected chi connectivity index (χ4v) is 2.29. The third kappa shape index (κ3) is 6.81. The standard InChI is InChI=1S/C19H25N3O2.HI/c1-13(2)24-17-8-6-16(7-9-17)22-19(20)21-12-15-5-10-18(23-4)14(3)11-15;/h5-11,13H,12H2,1-4H3,(H3,20,21,22);1H. The molecule has 0 aliphatic rings. The summed E-state index contributed by atoms with van der Waals surface area (Å²) in [5, 5.41) is 3.08. The summed E-state index contributed by atoms with van der Waals surface area (Å²) < 4.78 is 10.9. The maximum atomic E-state index is 5.95. The van der Waals surface area contributed by atoms with Crippen LogP contribution in [0.4, 0.5) is 5.69 Å². The number of ether oxygens (including phenoxy) is 2. The Morgan fingerprint density at radius 2 is 1.84 bits per heavy atom. The molecule has 3 N–H and O–H groups in total. The van der Waals surface area contributed by atoms with Gasteiger partial charge in [-0.25, -0.2) is 4.99 Å². The quantitative estimate of drug-likeness (QED) is 0.387. The minimum atomic E-state index is 0. The van der Waals surface area contributed by atoms with Crippen LogP contribution in [0.5, 0.6) is 11.5 Å².